The zero-order valence-corrected chi connectivity index (χ0v) is 14.0. The molecule has 1 aromatic carbocycles. The Morgan fingerprint density at radius 1 is 1.46 bits per heavy atom. The van der Waals surface area contributed by atoms with Gasteiger partial charge in [0.25, 0.3) is 0 Å². The molecule has 24 heavy (non-hydrogen) atoms. The van der Waals surface area contributed by atoms with E-state index in [-0.39, 0.29) is 12.2 Å². The van der Waals surface area contributed by atoms with Crippen LogP contribution in [0.4, 0.5) is 0 Å². The van der Waals surface area contributed by atoms with Crippen LogP contribution in [0.25, 0.3) is 0 Å². The van der Waals surface area contributed by atoms with E-state index in [2.05, 4.69) is 4.99 Å². The Labute approximate surface area is 145 Å². The summed E-state index contributed by atoms with van der Waals surface area (Å²) in [5.74, 6) is -0.202. The summed E-state index contributed by atoms with van der Waals surface area (Å²) in [4.78, 5) is 28.5. The maximum Gasteiger partial charge on any atom is 0.217 e. The first-order chi connectivity index (χ1) is 11.4. The van der Waals surface area contributed by atoms with Crippen molar-refractivity contribution in [2.24, 2.45) is 16.5 Å². The van der Waals surface area contributed by atoms with Gasteiger partial charge in [-0.25, -0.2) is 4.99 Å². The van der Waals surface area contributed by atoms with E-state index >= 15 is 0 Å². The third-order valence-electron chi connectivity index (χ3n) is 4.61. The molecule has 7 heteroatoms. The van der Waals surface area contributed by atoms with Crippen molar-refractivity contribution < 1.29 is 14.3 Å². The highest BCUT2D eigenvalue weighted by molar-refractivity contribution is 6.32. The third-order valence-corrected chi connectivity index (χ3v) is 4.94. The molecule has 0 saturated heterocycles. The lowest BCUT2D eigenvalue weighted by Gasteiger charge is -2.42. The van der Waals surface area contributed by atoms with Crippen LogP contribution in [-0.2, 0) is 19.9 Å². The molecule has 1 heterocycles. The van der Waals surface area contributed by atoms with Crippen molar-refractivity contribution in [3.63, 3.8) is 0 Å². The van der Waals surface area contributed by atoms with Crippen LogP contribution in [0.5, 0.6) is 0 Å². The fourth-order valence-electron chi connectivity index (χ4n) is 3.36. The topological polar surface area (TPSA) is 108 Å². The van der Waals surface area contributed by atoms with Gasteiger partial charge in [-0.2, -0.15) is 0 Å². The first-order valence-corrected chi connectivity index (χ1v) is 8.41. The molecule has 6 nitrogen and oxygen atoms in total. The van der Waals surface area contributed by atoms with Crippen LogP contribution in [0, 0.1) is 0 Å². The van der Waals surface area contributed by atoms with Crippen LogP contribution < -0.4 is 11.5 Å². The number of fused-ring (bicyclic) bond motifs is 2. The number of Topliss-reactive ketones (excluding diaryl/α,β-unsaturated/α-hetero) is 1. The van der Waals surface area contributed by atoms with E-state index in [1.54, 1.807) is 6.07 Å². The van der Waals surface area contributed by atoms with Gasteiger partial charge in [0.15, 0.2) is 11.6 Å². The maximum atomic E-state index is 12.9. The number of primary amides is 1. The lowest BCUT2D eigenvalue weighted by Crippen LogP contribution is -2.54. The van der Waals surface area contributed by atoms with Crippen LogP contribution in [0.3, 0.4) is 0 Å². The maximum absolute atomic E-state index is 12.9. The fourth-order valence-corrected chi connectivity index (χ4v) is 3.66. The number of aliphatic imine (C=N–C) groups is 1. The van der Waals surface area contributed by atoms with Crippen molar-refractivity contribution in [3.05, 3.63) is 34.9 Å². The van der Waals surface area contributed by atoms with Crippen LogP contribution in [0.15, 0.2) is 29.3 Å². The highest BCUT2D eigenvalue weighted by Gasteiger charge is 2.52. The van der Waals surface area contributed by atoms with Gasteiger partial charge in [0.05, 0.1) is 6.04 Å². The predicted octanol–water partition coefficient (Wildman–Crippen LogP) is 1.68. The monoisotopic (exact) mass is 349 g/mol. The Morgan fingerprint density at radius 2 is 2.21 bits per heavy atom. The van der Waals surface area contributed by atoms with Gasteiger partial charge in [-0.15, -0.1) is 0 Å². The van der Waals surface area contributed by atoms with Gasteiger partial charge in [0.2, 0.25) is 17.6 Å². The molecule has 128 valence electrons. The molecule has 1 saturated carbocycles. The van der Waals surface area contributed by atoms with E-state index in [4.69, 9.17) is 27.8 Å². The molecule has 1 amide bonds. The number of hydrogen-bond acceptors (Lipinski definition) is 5. The number of hydrogen-bond donors (Lipinski definition) is 2. The van der Waals surface area contributed by atoms with Crippen molar-refractivity contribution in [3.8, 4) is 0 Å². The highest BCUT2D eigenvalue weighted by atomic mass is 35.5. The van der Waals surface area contributed by atoms with E-state index in [0.717, 1.165) is 6.42 Å². The van der Waals surface area contributed by atoms with Gasteiger partial charge in [-0.3, -0.25) is 9.59 Å². The number of nitrogens with zero attached hydrogens (tertiary/aromatic N) is 1. The number of amides is 1. The molecule has 3 atom stereocenters. The fraction of sp³-hybridized carbons (Fsp3) is 0.471. The Bertz CT molecular complexity index is 706. The molecule has 1 aromatic rings. The first-order valence-electron chi connectivity index (χ1n) is 8.03. The SMILES string of the molecule is NC(=O)CC[C@H](N)C1=N[C@]2(c3ccccc3Cl)CCC[C@H](O1)C2=O. The van der Waals surface area contributed by atoms with Crippen LogP contribution in [-0.4, -0.2) is 29.7 Å². The van der Waals surface area contributed by atoms with Crippen molar-refractivity contribution in [2.45, 2.75) is 49.8 Å². The minimum atomic E-state index is -1.04. The number of ketones is 1. The highest BCUT2D eigenvalue weighted by Crippen LogP contribution is 2.44. The molecule has 1 aliphatic heterocycles. The number of rotatable bonds is 5. The van der Waals surface area contributed by atoms with Gasteiger partial charge >= 0.3 is 0 Å². The van der Waals surface area contributed by atoms with Crippen LogP contribution in [0.1, 0.15) is 37.7 Å². The Morgan fingerprint density at radius 3 is 2.92 bits per heavy atom. The number of benzene rings is 1. The van der Waals surface area contributed by atoms with Crippen molar-refractivity contribution in [2.75, 3.05) is 0 Å². The third kappa shape index (κ3) is 2.91. The Hall–Kier alpha value is -1.92. The summed E-state index contributed by atoms with van der Waals surface area (Å²) in [6, 6.07) is 6.65. The zero-order valence-electron chi connectivity index (χ0n) is 13.2. The largest absolute Gasteiger partial charge is 0.468 e. The van der Waals surface area contributed by atoms with Crippen LogP contribution >= 0.6 is 11.6 Å². The molecule has 0 radical (unpaired) electrons. The quantitative estimate of drug-likeness (QED) is 0.842. The molecule has 4 N–H and O–H groups in total. The predicted molar refractivity (Wildman–Crippen MR) is 90.7 cm³/mol. The summed E-state index contributed by atoms with van der Waals surface area (Å²) in [5.41, 5.74) is 10.9. The average molecular weight is 350 g/mol. The van der Waals surface area contributed by atoms with Crippen LogP contribution in [0.2, 0.25) is 5.02 Å². The van der Waals surface area contributed by atoms with Crippen molar-refractivity contribution in [1.29, 1.82) is 0 Å². The molecule has 1 fully saturated rings. The van der Waals surface area contributed by atoms with Crippen molar-refractivity contribution in [1.82, 2.24) is 0 Å². The molecular formula is C17H20ClN3O3. The number of ether oxygens (including phenoxy) is 1. The molecule has 2 bridgehead atoms. The van der Waals surface area contributed by atoms with Crippen molar-refractivity contribution >= 4 is 29.2 Å². The summed E-state index contributed by atoms with van der Waals surface area (Å²) in [7, 11) is 0. The number of nitrogens with two attached hydrogens (primary N) is 2. The number of carbonyl (C=O) groups is 2. The first kappa shape index (κ1) is 16.9. The van der Waals surface area contributed by atoms with Gasteiger partial charge in [-0.05, 0) is 31.7 Å². The molecule has 1 aliphatic carbocycles. The van der Waals surface area contributed by atoms with E-state index < -0.39 is 23.6 Å². The second-order valence-corrected chi connectivity index (χ2v) is 6.67. The molecule has 0 aromatic heterocycles. The molecule has 0 spiro atoms. The summed E-state index contributed by atoms with van der Waals surface area (Å²) < 4.78 is 5.73. The molecule has 0 unspecified atom stereocenters. The average Bonchev–Trinajstić information content (AvgIpc) is 2.53. The Kier molecular flexibility index (Phi) is 4.60. The summed E-state index contributed by atoms with van der Waals surface area (Å²) >= 11 is 6.34. The van der Waals surface area contributed by atoms with E-state index in [9.17, 15) is 9.59 Å². The normalized spacial score (nSPS) is 27.2. The standard InChI is InChI=1S/C17H20ClN3O3/c18-11-5-2-1-4-10(11)17-9-3-6-13(15(17)23)24-16(21-17)12(19)7-8-14(20)22/h1-2,4-5,12-13H,3,6-9,19H2,(H2,20,22)/t12-,13-,17-/m0/s1. The van der Waals surface area contributed by atoms with Gasteiger partial charge < -0.3 is 16.2 Å². The summed E-state index contributed by atoms with van der Waals surface area (Å²) in [6.45, 7) is 0. The minimum Gasteiger partial charge on any atom is -0.468 e. The van der Waals surface area contributed by atoms with Gasteiger partial charge in [0, 0.05) is 17.0 Å². The van der Waals surface area contributed by atoms with E-state index in [0.29, 0.717) is 35.7 Å². The molecule has 2 aliphatic rings. The minimum absolute atomic E-state index is 0.0762. The van der Waals surface area contributed by atoms with Gasteiger partial charge in [-0.1, -0.05) is 29.8 Å². The molecule has 3 rings (SSSR count). The Balaban J connectivity index is 2.01. The van der Waals surface area contributed by atoms with E-state index in [1.165, 1.54) is 0 Å². The second-order valence-electron chi connectivity index (χ2n) is 6.26. The lowest BCUT2D eigenvalue weighted by atomic mass is 9.73. The van der Waals surface area contributed by atoms with Gasteiger partial charge in [0.1, 0.15) is 0 Å². The smallest absolute Gasteiger partial charge is 0.217 e. The lowest BCUT2D eigenvalue weighted by molar-refractivity contribution is -0.137. The molecular weight excluding hydrogens is 330 g/mol. The zero-order chi connectivity index (χ0) is 17.3. The number of halogens is 1. The summed E-state index contributed by atoms with van der Waals surface area (Å²) in [5, 5.41) is 0.502. The second kappa shape index (κ2) is 6.53. The number of carbonyl (C=O) groups excluding carboxylic acids is 2. The summed E-state index contributed by atoms with van der Waals surface area (Å²) in [6.07, 6.45) is 1.92. The van der Waals surface area contributed by atoms with E-state index in [1.807, 2.05) is 18.2 Å².